The molecule has 0 radical (unpaired) electrons. The maximum atomic E-state index is 11.1. The first-order valence-corrected chi connectivity index (χ1v) is 5.47. The average Bonchev–Trinajstić information content (AvgIpc) is 2.66. The van der Waals surface area contributed by atoms with E-state index in [4.69, 9.17) is 0 Å². The number of hydrogen-bond donors (Lipinski definition) is 1. The molecule has 1 aromatic rings. The summed E-state index contributed by atoms with van der Waals surface area (Å²) in [7, 11) is 0. The molecule has 0 aliphatic carbocycles. The number of carbonyl (C=O) groups excluding carboxylic acids is 1. The van der Waals surface area contributed by atoms with Gasteiger partial charge in [-0.1, -0.05) is 17.7 Å². The highest BCUT2D eigenvalue weighted by atomic mass is 16.1. The van der Waals surface area contributed by atoms with E-state index >= 15 is 0 Å². The smallest absolute Gasteiger partial charge is 0.150 e. The van der Waals surface area contributed by atoms with E-state index in [0.717, 1.165) is 35.9 Å². The van der Waals surface area contributed by atoms with E-state index in [1.165, 1.54) is 6.42 Å². The number of carbonyl (C=O) groups is 1. The highest BCUT2D eigenvalue weighted by Gasteiger charge is 2.31. The van der Waals surface area contributed by atoms with Gasteiger partial charge in [0.2, 0.25) is 0 Å². The van der Waals surface area contributed by atoms with Gasteiger partial charge in [0.25, 0.3) is 0 Å². The molecular formula is C13H17NO. The molecule has 80 valence electrons. The molecule has 2 rings (SSSR count). The quantitative estimate of drug-likeness (QED) is 0.748. The lowest BCUT2D eigenvalue weighted by atomic mass is 9.86. The van der Waals surface area contributed by atoms with Crippen LogP contribution in [0.3, 0.4) is 0 Å². The molecule has 0 bridgehead atoms. The summed E-state index contributed by atoms with van der Waals surface area (Å²) in [5.74, 6) is 0. The first kappa shape index (κ1) is 10.4. The lowest BCUT2D eigenvalue weighted by Gasteiger charge is -2.26. The van der Waals surface area contributed by atoms with Crippen LogP contribution in [-0.2, 0) is 5.54 Å². The minimum absolute atomic E-state index is 0.00998. The lowest BCUT2D eigenvalue weighted by molar-refractivity contribution is 0.112. The van der Waals surface area contributed by atoms with Gasteiger partial charge in [-0.05, 0) is 44.9 Å². The second-order valence-electron chi connectivity index (χ2n) is 4.57. The summed E-state index contributed by atoms with van der Waals surface area (Å²) >= 11 is 0. The van der Waals surface area contributed by atoms with Crippen LogP contribution in [0.25, 0.3) is 0 Å². The van der Waals surface area contributed by atoms with Crippen molar-refractivity contribution in [3.05, 3.63) is 34.9 Å². The summed E-state index contributed by atoms with van der Waals surface area (Å²) < 4.78 is 0. The van der Waals surface area contributed by atoms with E-state index in [9.17, 15) is 4.79 Å². The summed E-state index contributed by atoms with van der Waals surface area (Å²) in [4.78, 5) is 11.1. The molecule has 1 saturated heterocycles. The predicted molar refractivity (Wildman–Crippen MR) is 61.2 cm³/mol. The minimum atomic E-state index is -0.00998. The van der Waals surface area contributed by atoms with Crippen molar-refractivity contribution in [3.63, 3.8) is 0 Å². The van der Waals surface area contributed by atoms with Crippen LogP contribution in [0, 0.1) is 6.92 Å². The zero-order chi connectivity index (χ0) is 10.9. The van der Waals surface area contributed by atoms with Gasteiger partial charge < -0.3 is 5.32 Å². The summed E-state index contributed by atoms with van der Waals surface area (Å²) in [6.45, 7) is 5.24. The number of benzene rings is 1. The summed E-state index contributed by atoms with van der Waals surface area (Å²) in [6, 6.07) is 6.12. The van der Waals surface area contributed by atoms with Gasteiger partial charge in [0.1, 0.15) is 6.29 Å². The second kappa shape index (κ2) is 3.78. The monoisotopic (exact) mass is 203 g/mol. The fourth-order valence-corrected chi connectivity index (χ4v) is 2.41. The van der Waals surface area contributed by atoms with Crippen LogP contribution in [0.15, 0.2) is 18.2 Å². The number of aryl methyl sites for hydroxylation is 1. The van der Waals surface area contributed by atoms with Crippen LogP contribution in [0.4, 0.5) is 0 Å². The molecule has 1 unspecified atom stereocenters. The van der Waals surface area contributed by atoms with Gasteiger partial charge >= 0.3 is 0 Å². The van der Waals surface area contributed by atoms with E-state index in [2.05, 4.69) is 24.4 Å². The van der Waals surface area contributed by atoms with E-state index < -0.39 is 0 Å². The van der Waals surface area contributed by atoms with Crippen LogP contribution in [0.2, 0.25) is 0 Å². The van der Waals surface area contributed by atoms with Gasteiger partial charge in [0.05, 0.1) is 0 Å². The van der Waals surface area contributed by atoms with Crippen molar-refractivity contribution in [2.75, 3.05) is 6.54 Å². The first-order valence-electron chi connectivity index (χ1n) is 5.47. The van der Waals surface area contributed by atoms with Gasteiger partial charge in [-0.25, -0.2) is 0 Å². The molecule has 1 aliphatic heterocycles. The average molecular weight is 203 g/mol. The van der Waals surface area contributed by atoms with Gasteiger partial charge in [-0.2, -0.15) is 0 Å². The molecule has 1 aliphatic rings. The van der Waals surface area contributed by atoms with Crippen LogP contribution >= 0.6 is 0 Å². The fourth-order valence-electron chi connectivity index (χ4n) is 2.41. The van der Waals surface area contributed by atoms with E-state index in [1.807, 2.05) is 13.0 Å². The zero-order valence-electron chi connectivity index (χ0n) is 9.34. The topological polar surface area (TPSA) is 29.1 Å². The Balaban J connectivity index is 2.46. The standard InChI is InChI=1S/C13H17NO/c1-10-4-5-12(11(8-10)9-15)13(2)6-3-7-14-13/h4-5,8-9,14H,3,6-7H2,1-2H3. The zero-order valence-corrected chi connectivity index (χ0v) is 9.34. The second-order valence-corrected chi connectivity index (χ2v) is 4.57. The Kier molecular flexibility index (Phi) is 2.61. The SMILES string of the molecule is Cc1ccc(C2(C)CCCN2)c(C=O)c1. The molecule has 1 fully saturated rings. The molecule has 1 N–H and O–H groups in total. The predicted octanol–water partition coefficient (Wildman–Crippen LogP) is 2.41. The molecule has 1 heterocycles. The number of rotatable bonds is 2. The van der Waals surface area contributed by atoms with Crippen molar-refractivity contribution in [1.82, 2.24) is 5.32 Å². The Hall–Kier alpha value is -1.15. The third-order valence-electron chi connectivity index (χ3n) is 3.30. The highest BCUT2D eigenvalue weighted by molar-refractivity contribution is 5.78. The fraction of sp³-hybridized carbons (Fsp3) is 0.462. The minimum Gasteiger partial charge on any atom is -0.308 e. The van der Waals surface area contributed by atoms with Crippen molar-refractivity contribution in [3.8, 4) is 0 Å². The van der Waals surface area contributed by atoms with Crippen molar-refractivity contribution >= 4 is 6.29 Å². The molecule has 0 aromatic heterocycles. The molecule has 15 heavy (non-hydrogen) atoms. The van der Waals surface area contributed by atoms with Crippen molar-refractivity contribution in [1.29, 1.82) is 0 Å². The Labute approximate surface area is 90.7 Å². The Morgan fingerprint density at radius 1 is 1.47 bits per heavy atom. The van der Waals surface area contributed by atoms with Crippen LogP contribution in [0.1, 0.15) is 41.3 Å². The van der Waals surface area contributed by atoms with Crippen molar-refractivity contribution in [2.24, 2.45) is 0 Å². The highest BCUT2D eigenvalue weighted by Crippen LogP contribution is 2.32. The molecular weight excluding hydrogens is 186 g/mol. The van der Waals surface area contributed by atoms with Crippen molar-refractivity contribution < 1.29 is 4.79 Å². The van der Waals surface area contributed by atoms with Gasteiger partial charge in [0, 0.05) is 11.1 Å². The van der Waals surface area contributed by atoms with E-state index in [1.54, 1.807) is 0 Å². The molecule has 2 heteroatoms. The van der Waals surface area contributed by atoms with E-state index in [0.29, 0.717) is 0 Å². The van der Waals surface area contributed by atoms with Crippen LogP contribution in [-0.4, -0.2) is 12.8 Å². The normalized spacial score (nSPS) is 25.5. The first-order chi connectivity index (χ1) is 7.15. The molecule has 1 aromatic carbocycles. The van der Waals surface area contributed by atoms with E-state index in [-0.39, 0.29) is 5.54 Å². The summed E-state index contributed by atoms with van der Waals surface area (Å²) in [6.07, 6.45) is 3.26. The maximum absolute atomic E-state index is 11.1. The van der Waals surface area contributed by atoms with Gasteiger partial charge in [0.15, 0.2) is 0 Å². The Morgan fingerprint density at radius 2 is 2.27 bits per heavy atom. The van der Waals surface area contributed by atoms with Crippen LogP contribution in [0.5, 0.6) is 0 Å². The molecule has 0 saturated carbocycles. The van der Waals surface area contributed by atoms with Gasteiger partial charge in [-0.3, -0.25) is 4.79 Å². The Morgan fingerprint density at radius 3 is 2.87 bits per heavy atom. The molecule has 2 nitrogen and oxygen atoms in total. The van der Waals surface area contributed by atoms with Gasteiger partial charge in [-0.15, -0.1) is 0 Å². The largest absolute Gasteiger partial charge is 0.308 e. The molecule has 0 amide bonds. The number of aldehydes is 1. The third kappa shape index (κ3) is 1.82. The lowest BCUT2D eigenvalue weighted by Crippen LogP contribution is -2.34. The molecule has 1 atom stereocenters. The van der Waals surface area contributed by atoms with Crippen LogP contribution < -0.4 is 5.32 Å². The number of nitrogens with one attached hydrogen (secondary N) is 1. The number of hydrogen-bond acceptors (Lipinski definition) is 2. The molecule has 0 spiro atoms. The van der Waals surface area contributed by atoms with Crippen molar-refractivity contribution in [2.45, 2.75) is 32.2 Å². The summed E-state index contributed by atoms with van der Waals surface area (Å²) in [5.41, 5.74) is 3.10. The Bertz CT molecular complexity index is 378. The third-order valence-corrected chi connectivity index (χ3v) is 3.30. The summed E-state index contributed by atoms with van der Waals surface area (Å²) in [5, 5.41) is 3.48. The maximum Gasteiger partial charge on any atom is 0.150 e.